The molecule has 1 unspecified atom stereocenters. The summed E-state index contributed by atoms with van der Waals surface area (Å²) in [4.78, 5) is 12.4. The highest BCUT2D eigenvalue weighted by molar-refractivity contribution is 7.08. The van der Waals surface area contributed by atoms with E-state index in [1.807, 2.05) is 41.8 Å². The number of hydrogen-bond donors (Lipinski definition) is 1. The number of nitrogens with zero attached hydrogens (tertiary/aromatic N) is 1. The van der Waals surface area contributed by atoms with E-state index in [0.29, 0.717) is 11.3 Å². The first kappa shape index (κ1) is 16.7. The number of amides is 1. The van der Waals surface area contributed by atoms with Crippen molar-refractivity contribution in [2.45, 2.75) is 13.0 Å². The molecule has 4 nitrogen and oxygen atoms in total. The van der Waals surface area contributed by atoms with Gasteiger partial charge >= 0.3 is 0 Å². The van der Waals surface area contributed by atoms with Crippen molar-refractivity contribution in [2.24, 2.45) is 0 Å². The van der Waals surface area contributed by atoms with E-state index in [9.17, 15) is 4.79 Å². The Hall–Kier alpha value is -3.10. The van der Waals surface area contributed by atoms with Crippen molar-refractivity contribution >= 4 is 22.9 Å². The van der Waals surface area contributed by atoms with Gasteiger partial charge in [0.05, 0.1) is 11.6 Å². The lowest BCUT2D eigenvalue weighted by molar-refractivity contribution is -0.122. The average molecular weight is 348 g/mol. The Labute approximate surface area is 150 Å². The van der Waals surface area contributed by atoms with Crippen molar-refractivity contribution in [1.82, 2.24) is 0 Å². The number of rotatable bonds is 5. The van der Waals surface area contributed by atoms with Crippen LogP contribution in [-0.4, -0.2) is 12.0 Å². The van der Waals surface area contributed by atoms with E-state index >= 15 is 0 Å². The molecule has 0 aliphatic carbocycles. The van der Waals surface area contributed by atoms with Gasteiger partial charge in [0.1, 0.15) is 5.75 Å². The van der Waals surface area contributed by atoms with Crippen molar-refractivity contribution in [1.29, 1.82) is 5.26 Å². The SMILES string of the molecule is CC(Oc1cccc(C#N)c1)C(=O)Nc1cccc(-c2ccsc2)c1. The molecular weight excluding hydrogens is 332 g/mol. The zero-order valence-electron chi connectivity index (χ0n) is 13.6. The molecule has 5 heteroatoms. The molecule has 0 saturated heterocycles. The maximum atomic E-state index is 12.4. The molecule has 0 bridgehead atoms. The second-order valence-electron chi connectivity index (χ2n) is 5.48. The van der Waals surface area contributed by atoms with E-state index in [-0.39, 0.29) is 5.91 Å². The number of benzene rings is 2. The predicted octanol–water partition coefficient (Wildman–Crippen LogP) is 4.69. The number of hydrogen-bond acceptors (Lipinski definition) is 4. The maximum absolute atomic E-state index is 12.4. The molecular formula is C20H16N2O2S. The topological polar surface area (TPSA) is 62.1 Å². The molecule has 1 amide bonds. The second kappa shape index (κ2) is 7.65. The largest absolute Gasteiger partial charge is 0.481 e. The van der Waals surface area contributed by atoms with Gasteiger partial charge in [-0.05, 0) is 65.2 Å². The zero-order chi connectivity index (χ0) is 17.6. The average Bonchev–Trinajstić information content (AvgIpc) is 3.17. The lowest BCUT2D eigenvalue weighted by atomic mass is 10.1. The molecule has 1 heterocycles. The molecule has 1 N–H and O–H groups in total. The second-order valence-corrected chi connectivity index (χ2v) is 6.26. The smallest absolute Gasteiger partial charge is 0.265 e. The molecule has 2 aromatic carbocycles. The van der Waals surface area contributed by atoms with E-state index in [1.54, 1.807) is 42.5 Å². The van der Waals surface area contributed by atoms with Crippen LogP contribution >= 0.6 is 11.3 Å². The van der Waals surface area contributed by atoms with E-state index in [4.69, 9.17) is 10.00 Å². The molecule has 3 rings (SSSR count). The molecule has 0 spiro atoms. The number of anilines is 1. The van der Waals surface area contributed by atoms with Gasteiger partial charge in [0.15, 0.2) is 6.10 Å². The number of ether oxygens (including phenoxy) is 1. The highest BCUT2D eigenvalue weighted by atomic mass is 32.1. The van der Waals surface area contributed by atoms with E-state index < -0.39 is 6.10 Å². The Morgan fingerprint density at radius 3 is 2.76 bits per heavy atom. The summed E-state index contributed by atoms with van der Waals surface area (Å²) in [5.74, 6) is 0.249. The van der Waals surface area contributed by atoms with Crippen LogP contribution < -0.4 is 10.1 Å². The molecule has 0 fully saturated rings. The van der Waals surface area contributed by atoms with Gasteiger partial charge in [-0.15, -0.1) is 0 Å². The van der Waals surface area contributed by atoms with Gasteiger partial charge in [-0.2, -0.15) is 16.6 Å². The van der Waals surface area contributed by atoms with Crippen LogP contribution in [0.5, 0.6) is 5.75 Å². The fourth-order valence-corrected chi connectivity index (χ4v) is 3.01. The van der Waals surface area contributed by atoms with Gasteiger partial charge < -0.3 is 10.1 Å². The van der Waals surface area contributed by atoms with Crippen LogP contribution in [0.4, 0.5) is 5.69 Å². The summed E-state index contributed by atoms with van der Waals surface area (Å²) in [6, 6.07) is 18.5. The van der Waals surface area contributed by atoms with Crippen LogP contribution in [0.25, 0.3) is 11.1 Å². The minimum absolute atomic E-state index is 0.246. The van der Waals surface area contributed by atoms with E-state index in [2.05, 4.69) is 10.7 Å². The maximum Gasteiger partial charge on any atom is 0.265 e. The number of carbonyl (C=O) groups excluding carboxylic acids is 1. The summed E-state index contributed by atoms with van der Waals surface area (Å²) in [6.07, 6.45) is -0.682. The van der Waals surface area contributed by atoms with Gasteiger partial charge in [-0.25, -0.2) is 0 Å². The molecule has 1 atom stereocenters. The minimum atomic E-state index is -0.682. The molecule has 1 aromatic heterocycles. The molecule has 25 heavy (non-hydrogen) atoms. The summed E-state index contributed by atoms with van der Waals surface area (Å²) >= 11 is 1.63. The monoisotopic (exact) mass is 348 g/mol. The fraction of sp³-hybridized carbons (Fsp3) is 0.100. The normalized spacial score (nSPS) is 11.4. The van der Waals surface area contributed by atoms with Crippen molar-refractivity contribution in [3.8, 4) is 22.9 Å². The highest BCUT2D eigenvalue weighted by Crippen LogP contribution is 2.25. The third kappa shape index (κ3) is 4.25. The summed E-state index contributed by atoms with van der Waals surface area (Å²) in [5.41, 5.74) is 3.39. The predicted molar refractivity (Wildman–Crippen MR) is 99.6 cm³/mol. The Morgan fingerprint density at radius 1 is 1.16 bits per heavy atom. The number of carbonyl (C=O) groups is 1. The molecule has 0 radical (unpaired) electrons. The van der Waals surface area contributed by atoms with Crippen LogP contribution in [-0.2, 0) is 4.79 Å². The Bertz CT molecular complexity index is 913. The minimum Gasteiger partial charge on any atom is -0.481 e. The molecule has 0 saturated carbocycles. The van der Waals surface area contributed by atoms with Crippen LogP contribution in [0.15, 0.2) is 65.4 Å². The van der Waals surface area contributed by atoms with Crippen LogP contribution in [0.3, 0.4) is 0 Å². The standard InChI is InChI=1S/C20H16N2O2S/c1-14(24-19-7-2-4-15(10-19)12-21)20(23)22-18-6-3-5-16(11-18)17-8-9-25-13-17/h2-11,13-14H,1H3,(H,22,23). The summed E-state index contributed by atoms with van der Waals surface area (Å²) in [6.45, 7) is 1.68. The first-order valence-electron chi connectivity index (χ1n) is 7.76. The van der Waals surface area contributed by atoms with Gasteiger partial charge in [0.25, 0.3) is 5.91 Å². The number of nitriles is 1. The first-order chi connectivity index (χ1) is 12.2. The van der Waals surface area contributed by atoms with Crippen molar-refractivity contribution < 1.29 is 9.53 Å². The summed E-state index contributed by atoms with van der Waals surface area (Å²) < 4.78 is 5.63. The van der Waals surface area contributed by atoms with Gasteiger partial charge in [0, 0.05) is 5.69 Å². The number of nitrogens with one attached hydrogen (secondary N) is 1. The van der Waals surface area contributed by atoms with Gasteiger partial charge in [-0.3, -0.25) is 4.79 Å². The fourth-order valence-electron chi connectivity index (χ4n) is 2.35. The molecule has 124 valence electrons. The third-order valence-electron chi connectivity index (χ3n) is 3.63. The summed E-state index contributed by atoms with van der Waals surface area (Å²) in [7, 11) is 0. The van der Waals surface area contributed by atoms with E-state index in [0.717, 1.165) is 16.8 Å². The third-order valence-corrected chi connectivity index (χ3v) is 4.31. The molecule has 0 aliphatic rings. The van der Waals surface area contributed by atoms with Crippen molar-refractivity contribution in [3.63, 3.8) is 0 Å². The summed E-state index contributed by atoms with van der Waals surface area (Å²) in [5, 5.41) is 15.9. The Balaban J connectivity index is 1.67. The number of thiophene rings is 1. The van der Waals surface area contributed by atoms with Crippen LogP contribution in [0, 0.1) is 11.3 Å². The Morgan fingerprint density at radius 2 is 2.00 bits per heavy atom. The quantitative estimate of drug-likeness (QED) is 0.727. The lowest BCUT2D eigenvalue weighted by Crippen LogP contribution is -2.30. The Kier molecular flexibility index (Phi) is 5.12. The van der Waals surface area contributed by atoms with Crippen molar-refractivity contribution in [3.05, 3.63) is 70.9 Å². The molecule has 0 aliphatic heterocycles. The van der Waals surface area contributed by atoms with E-state index in [1.165, 1.54) is 0 Å². The van der Waals surface area contributed by atoms with Crippen LogP contribution in [0.1, 0.15) is 12.5 Å². The zero-order valence-corrected chi connectivity index (χ0v) is 14.4. The van der Waals surface area contributed by atoms with Gasteiger partial charge in [0.2, 0.25) is 0 Å². The highest BCUT2D eigenvalue weighted by Gasteiger charge is 2.15. The lowest BCUT2D eigenvalue weighted by Gasteiger charge is -2.15. The first-order valence-corrected chi connectivity index (χ1v) is 8.70. The van der Waals surface area contributed by atoms with Crippen LogP contribution in [0.2, 0.25) is 0 Å². The van der Waals surface area contributed by atoms with Crippen molar-refractivity contribution in [2.75, 3.05) is 5.32 Å². The molecule has 3 aromatic rings. The van der Waals surface area contributed by atoms with Gasteiger partial charge in [-0.1, -0.05) is 18.2 Å².